The van der Waals surface area contributed by atoms with Gasteiger partial charge in [0.25, 0.3) is 0 Å². The Balaban J connectivity index is 1.61. The van der Waals surface area contributed by atoms with Crippen LogP contribution in [0.5, 0.6) is 11.6 Å². The average molecular weight is 575 g/mol. The second-order valence-corrected chi connectivity index (χ2v) is 11.5. The van der Waals surface area contributed by atoms with Crippen LogP contribution >= 0.6 is 0 Å². The number of anilines is 1. The van der Waals surface area contributed by atoms with Gasteiger partial charge in [0.2, 0.25) is 5.88 Å². The summed E-state index contributed by atoms with van der Waals surface area (Å²) in [5.41, 5.74) is 13.5. The van der Waals surface area contributed by atoms with Gasteiger partial charge in [-0.15, -0.1) is 0 Å². The van der Waals surface area contributed by atoms with E-state index in [1.807, 2.05) is 74.5 Å². The highest BCUT2D eigenvalue weighted by Crippen LogP contribution is 2.52. The first kappa shape index (κ1) is 27.8. The standard InChI is InChI=1S/C34H31FN6O2/c1-21-29(33(43-28-17-11-10-16-25(28)35)40(38-21)23-14-8-5-9-15-23)30-24(20-36)32(37)41(39-22-12-6-4-7-13-22)26-18-34(2,3)19-27(42)31(26)30/h4-17,30,39H,18-19,37H2,1-3H3. The lowest BCUT2D eigenvalue weighted by atomic mass is 9.69. The Morgan fingerprint density at radius 2 is 1.67 bits per heavy atom. The highest BCUT2D eigenvalue weighted by Gasteiger charge is 2.47. The van der Waals surface area contributed by atoms with Crippen molar-refractivity contribution in [2.24, 2.45) is 11.1 Å². The van der Waals surface area contributed by atoms with Gasteiger partial charge in [0.1, 0.15) is 5.82 Å². The highest BCUT2D eigenvalue weighted by atomic mass is 19.1. The monoisotopic (exact) mass is 574 g/mol. The van der Waals surface area contributed by atoms with Crippen molar-refractivity contribution in [1.29, 1.82) is 5.26 Å². The fourth-order valence-electron chi connectivity index (χ4n) is 5.89. The quantitative estimate of drug-likeness (QED) is 0.258. The largest absolute Gasteiger partial charge is 0.435 e. The average Bonchev–Trinajstić information content (AvgIpc) is 3.31. The minimum absolute atomic E-state index is 0.00947. The van der Waals surface area contributed by atoms with Crippen molar-refractivity contribution < 1.29 is 13.9 Å². The van der Waals surface area contributed by atoms with Crippen LogP contribution in [0.1, 0.15) is 43.9 Å². The summed E-state index contributed by atoms with van der Waals surface area (Å²) in [5.74, 6) is -1.17. The molecule has 3 aromatic carbocycles. The first-order valence-electron chi connectivity index (χ1n) is 14.0. The number of carbonyl (C=O) groups is 1. The van der Waals surface area contributed by atoms with Crippen molar-refractivity contribution >= 4 is 11.5 Å². The third kappa shape index (κ3) is 5.01. The molecule has 43 heavy (non-hydrogen) atoms. The van der Waals surface area contributed by atoms with Crippen molar-refractivity contribution in [2.75, 3.05) is 5.43 Å². The second-order valence-electron chi connectivity index (χ2n) is 11.5. The number of aryl methyl sites for hydroxylation is 1. The number of hydrazine groups is 1. The van der Waals surface area contributed by atoms with Gasteiger partial charge in [-0.3, -0.25) is 10.2 Å². The molecule has 9 heteroatoms. The van der Waals surface area contributed by atoms with E-state index < -0.39 is 11.7 Å². The number of benzene rings is 3. The Hall–Kier alpha value is -5.36. The van der Waals surface area contributed by atoms with Gasteiger partial charge in [-0.25, -0.2) is 14.1 Å². The Labute approximate surface area is 249 Å². The van der Waals surface area contributed by atoms with Crippen LogP contribution in [0.15, 0.2) is 108 Å². The number of nitriles is 1. The van der Waals surface area contributed by atoms with Gasteiger partial charge < -0.3 is 10.5 Å². The molecule has 3 N–H and O–H groups in total. The number of hydrogen-bond acceptors (Lipinski definition) is 7. The maximum absolute atomic E-state index is 15.0. The smallest absolute Gasteiger partial charge is 0.227 e. The van der Waals surface area contributed by atoms with Crippen LogP contribution in [0, 0.1) is 29.5 Å². The van der Waals surface area contributed by atoms with E-state index in [2.05, 4.69) is 11.5 Å². The van der Waals surface area contributed by atoms with Crippen LogP contribution in [0.4, 0.5) is 10.1 Å². The van der Waals surface area contributed by atoms with Crippen molar-refractivity contribution in [2.45, 2.75) is 39.5 Å². The van der Waals surface area contributed by atoms with Gasteiger partial charge in [-0.1, -0.05) is 62.4 Å². The summed E-state index contributed by atoms with van der Waals surface area (Å²) >= 11 is 0. The van der Waals surface area contributed by atoms with E-state index in [9.17, 15) is 14.4 Å². The van der Waals surface area contributed by atoms with Crippen LogP contribution in [-0.4, -0.2) is 20.6 Å². The summed E-state index contributed by atoms with van der Waals surface area (Å²) in [7, 11) is 0. The highest BCUT2D eigenvalue weighted by molar-refractivity contribution is 6.00. The normalized spacial score (nSPS) is 17.9. The van der Waals surface area contributed by atoms with Crippen LogP contribution in [-0.2, 0) is 4.79 Å². The molecule has 6 rings (SSSR count). The molecular formula is C34H31FN6O2. The first-order chi connectivity index (χ1) is 20.7. The topological polar surface area (TPSA) is 109 Å². The Morgan fingerprint density at radius 1 is 1.02 bits per heavy atom. The summed E-state index contributed by atoms with van der Waals surface area (Å²) in [6, 6.07) is 27.1. The molecule has 0 radical (unpaired) electrons. The van der Waals surface area contributed by atoms with Crippen molar-refractivity contribution in [3.05, 3.63) is 125 Å². The molecule has 2 heterocycles. The number of ketones is 1. The third-order valence-electron chi connectivity index (χ3n) is 7.79. The molecule has 1 aliphatic carbocycles. The molecule has 0 amide bonds. The number of hydrogen-bond donors (Lipinski definition) is 2. The van der Waals surface area contributed by atoms with E-state index >= 15 is 0 Å². The summed E-state index contributed by atoms with van der Waals surface area (Å²) < 4.78 is 22.8. The minimum atomic E-state index is -0.878. The number of carbonyl (C=O) groups excluding carboxylic acids is 1. The summed E-state index contributed by atoms with van der Waals surface area (Å²) in [4.78, 5) is 14.1. The number of rotatable bonds is 6. The van der Waals surface area contributed by atoms with Crippen molar-refractivity contribution in [3.8, 4) is 23.4 Å². The third-order valence-corrected chi connectivity index (χ3v) is 7.79. The minimum Gasteiger partial charge on any atom is -0.435 e. The number of nitrogens with zero attached hydrogens (tertiary/aromatic N) is 4. The lowest BCUT2D eigenvalue weighted by Gasteiger charge is -2.43. The molecule has 1 aromatic heterocycles. The number of nitrogens with two attached hydrogens (primary N) is 1. The predicted molar refractivity (Wildman–Crippen MR) is 161 cm³/mol. The number of para-hydroxylation sites is 3. The van der Waals surface area contributed by atoms with Crippen molar-refractivity contribution in [3.63, 3.8) is 0 Å². The Bertz CT molecular complexity index is 1820. The molecule has 1 aliphatic heterocycles. The molecule has 1 unspecified atom stereocenters. The number of ether oxygens (including phenoxy) is 1. The van der Waals surface area contributed by atoms with Gasteiger partial charge in [0, 0.05) is 12.0 Å². The molecule has 0 saturated carbocycles. The maximum Gasteiger partial charge on any atom is 0.227 e. The van der Waals surface area contributed by atoms with E-state index in [0.29, 0.717) is 34.6 Å². The van der Waals surface area contributed by atoms with Crippen LogP contribution in [0.3, 0.4) is 0 Å². The summed E-state index contributed by atoms with van der Waals surface area (Å²) in [5, 5.41) is 17.0. The lowest BCUT2D eigenvalue weighted by molar-refractivity contribution is -0.118. The zero-order valence-electron chi connectivity index (χ0n) is 24.1. The van der Waals surface area contributed by atoms with Gasteiger partial charge >= 0.3 is 0 Å². The van der Waals surface area contributed by atoms with E-state index in [1.54, 1.807) is 28.7 Å². The molecule has 0 spiro atoms. The fourth-order valence-corrected chi connectivity index (χ4v) is 5.89. The summed E-state index contributed by atoms with van der Waals surface area (Å²) in [6.07, 6.45) is 0.814. The van der Waals surface area contributed by atoms with Crippen LogP contribution in [0.25, 0.3) is 5.69 Å². The number of allylic oxidation sites excluding steroid dienone is 3. The van der Waals surface area contributed by atoms with Gasteiger partial charge in [0.15, 0.2) is 17.3 Å². The number of Topliss-reactive ketones (excluding diaryl/α,β-unsaturated/α-hetero) is 1. The zero-order valence-corrected chi connectivity index (χ0v) is 24.1. The molecule has 1 atom stereocenters. The second kappa shape index (κ2) is 10.8. The Morgan fingerprint density at radius 3 is 2.35 bits per heavy atom. The molecule has 0 saturated heterocycles. The maximum atomic E-state index is 15.0. The number of aromatic nitrogens is 2. The SMILES string of the molecule is Cc1nn(-c2ccccc2)c(Oc2ccccc2F)c1C1C(C#N)=C(N)N(Nc2ccccc2)C2=C1C(=O)CC(C)(C)C2. The predicted octanol–water partition coefficient (Wildman–Crippen LogP) is 6.88. The lowest BCUT2D eigenvalue weighted by Crippen LogP contribution is -2.44. The van der Waals surface area contributed by atoms with Gasteiger partial charge in [-0.05, 0) is 55.2 Å². The van der Waals surface area contributed by atoms with Crippen molar-refractivity contribution in [1.82, 2.24) is 14.8 Å². The molecule has 4 aromatic rings. The van der Waals surface area contributed by atoms with Crippen LogP contribution < -0.4 is 15.9 Å². The molecule has 216 valence electrons. The van der Waals surface area contributed by atoms with Gasteiger partial charge in [-0.2, -0.15) is 10.4 Å². The van der Waals surface area contributed by atoms with E-state index in [1.165, 1.54) is 12.1 Å². The first-order valence-corrected chi connectivity index (χ1v) is 14.0. The molecule has 0 fully saturated rings. The number of nitrogens with one attached hydrogen (secondary N) is 1. The van der Waals surface area contributed by atoms with E-state index in [0.717, 1.165) is 5.69 Å². The molecule has 8 nitrogen and oxygen atoms in total. The van der Waals surface area contributed by atoms with E-state index in [-0.39, 0.29) is 40.6 Å². The van der Waals surface area contributed by atoms with Gasteiger partial charge in [0.05, 0.1) is 45.9 Å². The molecule has 2 aliphatic rings. The van der Waals surface area contributed by atoms with E-state index in [4.69, 9.17) is 15.6 Å². The zero-order chi connectivity index (χ0) is 30.3. The fraction of sp³-hybridized carbons (Fsp3) is 0.206. The number of halogens is 1. The van der Waals surface area contributed by atoms with Crippen LogP contribution in [0.2, 0.25) is 0 Å². The summed E-state index contributed by atoms with van der Waals surface area (Å²) in [6.45, 7) is 5.87. The molecular weight excluding hydrogens is 543 g/mol. The Kier molecular flexibility index (Phi) is 6.98. The molecule has 0 bridgehead atoms.